The van der Waals surface area contributed by atoms with E-state index in [0.717, 1.165) is 0 Å². The van der Waals surface area contributed by atoms with Crippen molar-refractivity contribution in [3.63, 3.8) is 0 Å². The summed E-state index contributed by atoms with van der Waals surface area (Å²) in [5.74, 6) is 0. The molecule has 0 aliphatic rings. The molecule has 16 heteroatoms. The van der Waals surface area contributed by atoms with E-state index in [9.17, 15) is 0 Å². The predicted molar refractivity (Wildman–Crippen MR) is 184 cm³/mol. The summed E-state index contributed by atoms with van der Waals surface area (Å²) in [6, 6.07) is 0. The fraction of sp³-hybridized carbons (Fsp3) is 1.00. The summed E-state index contributed by atoms with van der Waals surface area (Å²) in [6.45, 7) is 35.5. The van der Waals surface area contributed by atoms with Crippen LogP contribution in [0.15, 0.2) is 0 Å². The Kier molecular flexibility index (Phi) is 40.1. The van der Waals surface area contributed by atoms with E-state index in [0.29, 0.717) is 0 Å². The van der Waals surface area contributed by atoms with Gasteiger partial charge in [0.2, 0.25) is 0 Å². The molecule has 0 saturated carbocycles. The summed E-state index contributed by atoms with van der Waals surface area (Å²) in [5, 5.41) is 0. The van der Waals surface area contributed by atoms with Gasteiger partial charge >= 0.3 is 68.0 Å². The molecule has 0 radical (unpaired) electrons. The Labute approximate surface area is 286 Å². The molecule has 43 heavy (non-hydrogen) atoms. The summed E-state index contributed by atoms with van der Waals surface area (Å²) in [7, 11) is 11.4. The summed E-state index contributed by atoms with van der Waals surface area (Å²) >= 11 is -1.92. The second kappa shape index (κ2) is 33.0. The molecule has 0 aliphatic carbocycles. The van der Waals surface area contributed by atoms with Crippen molar-refractivity contribution in [3.05, 3.63) is 0 Å². The molecule has 0 N–H and O–H groups in total. The van der Waals surface area contributed by atoms with E-state index in [2.05, 4.69) is 0 Å². The fourth-order valence-electron chi connectivity index (χ4n) is 1.77. The van der Waals surface area contributed by atoms with Gasteiger partial charge in [0.15, 0.2) is 0 Å². The molecule has 0 aromatic heterocycles. The maximum atomic E-state index is 5.49. The third-order valence-electron chi connectivity index (χ3n) is 2.67. The molecule has 0 saturated heterocycles. The number of rotatable bonds is 18. The number of hydrogen-bond donors (Lipinski definition) is 0. The van der Waals surface area contributed by atoms with Crippen LogP contribution >= 0.6 is 54.6 Å². The molecule has 270 valence electrons. The maximum absolute atomic E-state index is 5.49. The number of halogens is 3. The monoisotopic (exact) mass is 922 g/mol. The van der Waals surface area contributed by atoms with Crippen LogP contribution < -0.4 is 0 Å². The molecule has 0 unspecified atom stereocenters. The van der Waals surface area contributed by atoms with E-state index in [4.69, 9.17) is 69.5 Å². The van der Waals surface area contributed by atoms with Crippen LogP contribution in [0.3, 0.4) is 0 Å². The first-order chi connectivity index (χ1) is 19.5. The molecule has 0 heterocycles. The quantitative estimate of drug-likeness (QED) is 0.125. The first-order valence-electron chi connectivity index (χ1n) is 14.5. The minimum absolute atomic E-state index is 0.142. The fourth-order valence-corrected chi connectivity index (χ4v) is 5.32. The van der Waals surface area contributed by atoms with Crippen LogP contribution in [0.25, 0.3) is 0 Å². The van der Waals surface area contributed by atoms with E-state index < -0.39 is 39.3 Å². The van der Waals surface area contributed by atoms with Crippen molar-refractivity contribution in [1.29, 1.82) is 0 Å². The Morgan fingerprint density at radius 3 is 0.395 bits per heavy atom. The van der Waals surface area contributed by atoms with Gasteiger partial charge in [-0.05, 0) is 125 Å². The topological polar surface area (TPSA) is 83.1 Å². The zero-order chi connectivity index (χ0) is 34.9. The third kappa shape index (κ3) is 54.2. The van der Waals surface area contributed by atoms with Gasteiger partial charge in [-0.3, -0.25) is 0 Å². The Bertz CT molecular complexity index is 438. The van der Waals surface area contributed by atoms with Crippen molar-refractivity contribution in [3.8, 4) is 0 Å². The Morgan fingerprint density at radius 1 is 0.279 bits per heavy atom. The molecule has 0 aromatic carbocycles. The van der Waals surface area contributed by atoms with Gasteiger partial charge in [0.1, 0.15) is 0 Å². The van der Waals surface area contributed by atoms with Crippen molar-refractivity contribution < 1.29 is 54.2 Å². The average molecular weight is 923 g/mol. The molecular weight excluding hydrogens is 860 g/mol. The van der Waals surface area contributed by atoms with Gasteiger partial charge in [0.05, 0.1) is 54.9 Å². The normalized spacial score (nSPS) is 12.3. The van der Waals surface area contributed by atoms with Crippen LogP contribution in [0.4, 0.5) is 0 Å². The SMILES string of the molecule is CC(C)OP(OC(C)C)OC(C)C.CC(C)OP(OC(C)C)OC(C)C.CC(C)OP(OC(C)C)OC(C)C.[Cl][Ir]([Cl])[Cl]. The molecule has 0 bridgehead atoms. The molecule has 0 aliphatic heterocycles. The second-order valence-electron chi connectivity index (χ2n) is 11.2. The molecule has 0 amide bonds. The van der Waals surface area contributed by atoms with Crippen molar-refractivity contribution in [2.45, 2.75) is 180 Å². The molecule has 0 aromatic rings. The van der Waals surface area contributed by atoms with E-state index in [-0.39, 0.29) is 54.9 Å². The van der Waals surface area contributed by atoms with Crippen molar-refractivity contribution in [2.75, 3.05) is 0 Å². The van der Waals surface area contributed by atoms with Crippen molar-refractivity contribution in [1.82, 2.24) is 0 Å². The summed E-state index contributed by atoms with van der Waals surface area (Å²) in [5.41, 5.74) is 0. The van der Waals surface area contributed by atoms with Crippen molar-refractivity contribution in [2.24, 2.45) is 0 Å². The molecule has 0 spiro atoms. The Morgan fingerprint density at radius 2 is 0.349 bits per heavy atom. The van der Waals surface area contributed by atoms with E-state index in [1.54, 1.807) is 0 Å². The van der Waals surface area contributed by atoms with Crippen molar-refractivity contribution >= 4 is 54.6 Å². The van der Waals surface area contributed by atoms with Crippen LogP contribution in [0.1, 0.15) is 125 Å². The van der Waals surface area contributed by atoms with Crippen LogP contribution in [-0.2, 0) is 54.2 Å². The van der Waals surface area contributed by atoms with Gasteiger partial charge in [-0.1, -0.05) is 0 Å². The molecule has 0 fully saturated rings. The van der Waals surface area contributed by atoms with Gasteiger partial charge in [-0.2, -0.15) is 0 Å². The van der Waals surface area contributed by atoms with Crippen LogP contribution in [0.2, 0.25) is 0 Å². The van der Waals surface area contributed by atoms with Gasteiger partial charge in [-0.25, -0.2) is 0 Å². The van der Waals surface area contributed by atoms with E-state index >= 15 is 0 Å². The van der Waals surface area contributed by atoms with Gasteiger partial charge in [0, 0.05) is 0 Å². The summed E-state index contributed by atoms with van der Waals surface area (Å²) < 4.78 is 49.4. The minimum atomic E-state index is -1.92. The van der Waals surface area contributed by atoms with E-state index in [1.165, 1.54) is 0 Å². The molecule has 0 rings (SSSR count). The zero-order valence-corrected chi connectivity index (χ0v) is 37.0. The molecule has 0 atom stereocenters. The van der Waals surface area contributed by atoms with Gasteiger partial charge in [-0.15, -0.1) is 0 Å². The van der Waals surface area contributed by atoms with Crippen LogP contribution in [-0.4, -0.2) is 54.9 Å². The van der Waals surface area contributed by atoms with Gasteiger partial charge < -0.3 is 40.7 Å². The zero-order valence-electron chi connectivity index (χ0n) is 29.7. The van der Waals surface area contributed by atoms with Crippen LogP contribution in [0, 0.1) is 0 Å². The predicted octanol–water partition coefficient (Wildman–Crippen LogP) is 12.5. The van der Waals surface area contributed by atoms with Crippen LogP contribution in [0.5, 0.6) is 0 Å². The summed E-state index contributed by atoms with van der Waals surface area (Å²) in [6.07, 6.45) is 1.28. The van der Waals surface area contributed by atoms with E-state index in [1.807, 2.05) is 125 Å². The molecule has 9 nitrogen and oxygen atoms in total. The standard InChI is InChI=1S/3C9H21O3P.3ClH.Ir/c3*1-7(2)10-13(11-8(3)4)12-9(5)6;;;;/h3*7-9H,1-6H3;3*1H;/q;;;;;;+3/p-3. The second-order valence-corrected chi connectivity index (χ2v) is 24.8. The third-order valence-corrected chi connectivity index (χ3v) is 8.02. The van der Waals surface area contributed by atoms with Gasteiger partial charge in [0.25, 0.3) is 0 Å². The first-order valence-corrected chi connectivity index (χ1v) is 26.7. The Balaban J connectivity index is -0.000000249. The first kappa shape index (κ1) is 52.3. The average Bonchev–Trinajstić information content (AvgIpc) is 2.69. The Hall–Kier alpha value is 2.45. The molecular formula is C27H63Cl3IrO9P3. The summed E-state index contributed by atoms with van der Waals surface area (Å²) in [4.78, 5) is 0. The number of hydrogen-bond acceptors (Lipinski definition) is 9.